The molecule has 5 nitrogen and oxygen atoms in total. The highest BCUT2D eigenvalue weighted by atomic mass is 16.3. The standard InChI is InChI=1S/C13H15N3O2/c17-6-5-16(11-3-4-11)13(18)9-1-2-10-8-14-15-12(10)7-9/h1-2,7-8,11,17H,3-6H2,(H,14,15). The van der Waals surface area contributed by atoms with Crippen LogP contribution in [0.25, 0.3) is 10.9 Å². The van der Waals surface area contributed by atoms with E-state index in [-0.39, 0.29) is 12.5 Å². The molecule has 1 aliphatic rings. The molecule has 5 heteroatoms. The van der Waals surface area contributed by atoms with E-state index in [0.717, 1.165) is 23.7 Å². The fraction of sp³-hybridized carbons (Fsp3) is 0.385. The predicted molar refractivity (Wildman–Crippen MR) is 67.2 cm³/mol. The summed E-state index contributed by atoms with van der Waals surface area (Å²) in [7, 11) is 0. The van der Waals surface area contributed by atoms with Crippen molar-refractivity contribution >= 4 is 16.8 Å². The van der Waals surface area contributed by atoms with E-state index in [2.05, 4.69) is 10.2 Å². The third kappa shape index (κ3) is 1.97. The van der Waals surface area contributed by atoms with Crippen molar-refractivity contribution in [2.24, 2.45) is 0 Å². The number of rotatable bonds is 4. The number of amides is 1. The SMILES string of the molecule is O=C(c1ccc2cn[nH]c2c1)N(CCO)C1CC1. The summed E-state index contributed by atoms with van der Waals surface area (Å²) in [5, 5.41) is 16.8. The lowest BCUT2D eigenvalue weighted by Crippen LogP contribution is -2.35. The summed E-state index contributed by atoms with van der Waals surface area (Å²) >= 11 is 0. The minimum absolute atomic E-state index is 0.00847. The highest BCUT2D eigenvalue weighted by Crippen LogP contribution is 2.28. The Kier molecular flexibility index (Phi) is 2.76. The molecule has 0 unspecified atom stereocenters. The summed E-state index contributed by atoms with van der Waals surface area (Å²) in [6, 6.07) is 5.82. The van der Waals surface area contributed by atoms with Crippen LogP contribution in [0.3, 0.4) is 0 Å². The van der Waals surface area contributed by atoms with Crippen LogP contribution < -0.4 is 0 Å². The van der Waals surface area contributed by atoms with E-state index < -0.39 is 0 Å². The molecule has 1 aliphatic carbocycles. The van der Waals surface area contributed by atoms with E-state index in [1.165, 1.54) is 0 Å². The maximum atomic E-state index is 12.4. The number of carbonyl (C=O) groups excluding carboxylic acids is 1. The Bertz CT molecular complexity index is 574. The molecule has 0 bridgehead atoms. The maximum Gasteiger partial charge on any atom is 0.254 e. The van der Waals surface area contributed by atoms with E-state index in [1.54, 1.807) is 11.1 Å². The lowest BCUT2D eigenvalue weighted by molar-refractivity contribution is 0.0708. The van der Waals surface area contributed by atoms with Crippen molar-refractivity contribution in [3.05, 3.63) is 30.0 Å². The first kappa shape index (κ1) is 11.2. The number of nitrogens with zero attached hydrogens (tertiary/aromatic N) is 2. The molecule has 1 heterocycles. The Morgan fingerprint density at radius 3 is 3.06 bits per heavy atom. The van der Waals surface area contributed by atoms with Gasteiger partial charge in [0.25, 0.3) is 5.91 Å². The number of aromatic nitrogens is 2. The van der Waals surface area contributed by atoms with Crippen LogP contribution in [-0.4, -0.2) is 45.3 Å². The van der Waals surface area contributed by atoms with Crippen molar-refractivity contribution in [3.63, 3.8) is 0 Å². The van der Waals surface area contributed by atoms with Gasteiger partial charge in [0.2, 0.25) is 0 Å². The van der Waals surface area contributed by atoms with Gasteiger partial charge in [0.05, 0.1) is 18.3 Å². The van der Waals surface area contributed by atoms with Crippen molar-refractivity contribution in [1.29, 1.82) is 0 Å². The van der Waals surface area contributed by atoms with E-state index >= 15 is 0 Å². The van der Waals surface area contributed by atoms with Gasteiger partial charge >= 0.3 is 0 Å². The molecule has 0 radical (unpaired) electrons. The van der Waals surface area contributed by atoms with Gasteiger partial charge < -0.3 is 10.0 Å². The number of fused-ring (bicyclic) bond motifs is 1. The van der Waals surface area contributed by atoms with Crippen molar-refractivity contribution in [2.45, 2.75) is 18.9 Å². The quantitative estimate of drug-likeness (QED) is 0.849. The van der Waals surface area contributed by atoms with Crippen LogP contribution in [0.5, 0.6) is 0 Å². The molecule has 0 spiro atoms. The highest BCUT2D eigenvalue weighted by Gasteiger charge is 2.32. The zero-order chi connectivity index (χ0) is 12.5. The first-order valence-corrected chi connectivity index (χ1v) is 6.14. The van der Waals surface area contributed by atoms with Crippen molar-refractivity contribution in [1.82, 2.24) is 15.1 Å². The fourth-order valence-corrected chi connectivity index (χ4v) is 2.18. The monoisotopic (exact) mass is 245 g/mol. The van der Waals surface area contributed by atoms with E-state index in [0.29, 0.717) is 18.2 Å². The second-order valence-corrected chi connectivity index (χ2v) is 4.63. The van der Waals surface area contributed by atoms with Crippen LogP contribution in [0.4, 0.5) is 0 Å². The number of H-pyrrole nitrogens is 1. The molecule has 94 valence electrons. The first-order chi connectivity index (χ1) is 8.79. The van der Waals surface area contributed by atoms with Gasteiger partial charge in [0.1, 0.15) is 0 Å². The number of aliphatic hydroxyl groups excluding tert-OH is 1. The van der Waals surface area contributed by atoms with Gasteiger partial charge in [-0.2, -0.15) is 5.10 Å². The largest absolute Gasteiger partial charge is 0.395 e. The molecule has 0 atom stereocenters. The number of hydrogen-bond acceptors (Lipinski definition) is 3. The normalized spacial score (nSPS) is 14.9. The first-order valence-electron chi connectivity index (χ1n) is 6.14. The third-order valence-electron chi connectivity index (χ3n) is 3.28. The molecule has 2 aromatic rings. The average molecular weight is 245 g/mol. The van der Waals surface area contributed by atoms with E-state index in [4.69, 9.17) is 5.11 Å². The molecular weight excluding hydrogens is 230 g/mol. The second-order valence-electron chi connectivity index (χ2n) is 4.63. The molecule has 3 rings (SSSR count). The van der Waals surface area contributed by atoms with Gasteiger partial charge in [-0.05, 0) is 25.0 Å². The Labute approximate surface area is 104 Å². The lowest BCUT2D eigenvalue weighted by atomic mass is 10.1. The fourth-order valence-electron chi connectivity index (χ4n) is 2.18. The van der Waals surface area contributed by atoms with Crippen LogP contribution in [0, 0.1) is 0 Å². The van der Waals surface area contributed by atoms with E-state index in [1.807, 2.05) is 18.2 Å². The van der Waals surface area contributed by atoms with Gasteiger partial charge in [0.15, 0.2) is 0 Å². The predicted octanol–water partition coefficient (Wildman–Crippen LogP) is 1.16. The van der Waals surface area contributed by atoms with Gasteiger partial charge in [-0.3, -0.25) is 9.89 Å². The van der Waals surface area contributed by atoms with Crippen molar-refractivity contribution < 1.29 is 9.90 Å². The Hall–Kier alpha value is -1.88. The third-order valence-corrected chi connectivity index (χ3v) is 3.28. The lowest BCUT2D eigenvalue weighted by Gasteiger charge is -2.21. The molecule has 1 fully saturated rings. The van der Waals surface area contributed by atoms with Crippen LogP contribution >= 0.6 is 0 Å². The van der Waals surface area contributed by atoms with Crippen LogP contribution in [0.2, 0.25) is 0 Å². The van der Waals surface area contributed by atoms with E-state index in [9.17, 15) is 4.79 Å². The Balaban J connectivity index is 1.89. The number of nitrogens with one attached hydrogen (secondary N) is 1. The van der Waals surface area contributed by atoms with Gasteiger partial charge in [0, 0.05) is 23.5 Å². The summed E-state index contributed by atoms with van der Waals surface area (Å²) in [6.07, 6.45) is 3.81. The molecule has 1 saturated carbocycles. The van der Waals surface area contributed by atoms with Crippen LogP contribution in [0.15, 0.2) is 24.4 Å². The molecule has 2 N–H and O–H groups in total. The Morgan fingerprint density at radius 2 is 2.33 bits per heavy atom. The number of carbonyl (C=O) groups is 1. The van der Waals surface area contributed by atoms with Gasteiger partial charge in [-0.15, -0.1) is 0 Å². The highest BCUT2D eigenvalue weighted by molar-refractivity contribution is 5.98. The summed E-state index contributed by atoms with van der Waals surface area (Å²) in [4.78, 5) is 14.1. The molecule has 1 aromatic carbocycles. The average Bonchev–Trinajstić information content (AvgIpc) is 3.12. The van der Waals surface area contributed by atoms with Crippen molar-refractivity contribution in [2.75, 3.05) is 13.2 Å². The van der Waals surface area contributed by atoms with Gasteiger partial charge in [-0.25, -0.2) is 0 Å². The second kappa shape index (κ2) is 4.42. The molecule has 0 aliphatic heterocycles. The summed E-state index contributed by atoms with van der Waals surface area (Å²) < 4.78 is 0. The smallest absolute Gasteiger partial charge is 0.254 e. The van der Waals surface area contributed by atoms with Crippen LogP contribution in [-0.2, 0) is 0 Å². The summed E-state index contributed by atoms with van der Waals surface area (Å²) in [5.41, 5.74) is 1.51. The summed E-state index contributed by atoms with van der Waals surface area (Å²) in [5.74, 6) is -0.0111. The summed E-state index contributed by atoms with van der Waals surface area (Å²) in [6.45, 7) is 0.416. The number of hydrogen-bond donors (Lipinski definition) is 2. The number of aliphatic hydroxyl groups is 1. The molecule has 0 saturated heterocycles. The molecule has 18 heavy (non-hydrogen) atoms. The topological polar surface area (TPSA) is 69.2 Å². The van der Waals surface area contributed by atoms with Crippen LogP contribution in [0.1, 0.15) is 23.2 Å². The molecular formula is C13H15N3O2. The van der Waals surface area contributed by atoms with Gasteiger partial charge in [-0.1, -0.05) is 6.07 Å². The molecule has 1 aromatic heterocycles. The zero-order valence-electron chi connectivity index (χ0n) is 9.97. The molecule has 1 amide bonds. The number of aromatic amines is 1. The maximum absolute atomic E-state index is 12.4. The minimum Gasteiger partial charge on any atom is -0.395 e. The Morgan fingerprint density at radius 1 is 1.50 bits per heavy atom. The minimum atomic E-state index is -0.0111. The number of benzene rings is 1. The van der Waals surface area contributed by atoms with Crippen molar-refractivity contribution in [3.8, 4) is 0 Å². The zero-order valence-corrected chi connectivity index (χ0v) is 9.97.